The molecule has 0 saturated carbocycles. The number of carbonyl (C=O) groups is 4. The van der Waals surface area contributed by atoms with E-state index in [4.69, 9.17) is 24.1 Å². The van der Waals surface area contributed by atoms with Gasteiger partial charge in [0.2, 0.25) is 0 Å². The number of anilines is 1. The van der Waals surface area contributed by atoms with E-state index < -0.39 is 18.0 Å². The second kappa shape index (κ2) is 14.6. The third-order valence-corrected chi connectivity index (χ3v) is 5.51. The zero-order valence-electron chi connectivity index (χ0n) is 20.7. The molecule has 0 aromatic heterocycles. The zero-order chi connectivity index (χ0) is 26.5. The van der Waals surface area contributed by atoms with Gasteiger partial charge in [-0.15, -0.1) is 0 Å². The number of benzene rings is 1. The number of likely N-dealkylation sites (tertiary alicyclic amines) is 1. The predicted octanol–water partition coefficient (Wildman–Crippen LogP) is 3.62. The van der Waals surface area contributed by atoms with Crippen LogP contribution in [0.4, 0.5) is 10.5 Å². The first-order valence-corrected chi connectivity index (χ1v) is 11.8. The summed E-state index contributed by atoms with van der Waals surface area (Å²) < 4.78 is 21.4. The Labute approximate surface area is 210 Å². The summed E-state index contributed by atoms with van der Waals surface area (Å²) in [5, 5.41) is 11.3. The second-order valence-corrected chi connectivity index (χ2v) is 8.21. The number of nitrogens with zero attached hydrogens (tertiary/aromatic N) is 1. The maximum absolute atomic E-state index is 13.5. The molecule has 0 aliphatic carbocycles. The first-order valence-electron chi connectivity index (χ1n) is 11.8. The van der Waals surface area contributed by atoms with Crippen LogP contribution in [0.1, 0.15) is 55.8 Å². The van der Waals surface area contributed by atoms with Crippen LogP contribution in [0.5, 0.6) is 11.5 Å². The van der Waals surface area contributed by atoms with E-state index in [-0.39, 0.29) is 42.8 Å². The fourth-order valence-corrected chi connectivity index (χ4v) is 3.78. The molecule has 1 saturated heterocycles. The number of esters is 1. The lowest BCUT2D eigenvalue weighted by Gasteiger charge is -2.26. The number of amides is 2. The number of carboxylic acid groups (broad SMARTS) is 1. The van der Waals surface area contributed by atoms with Gasteiger partial charge < -0.3 is 29.0 Å². The molecule has 11 heteroatoms. The highest BCUT2D eigenvalue weighted by molar-refractivity contribution is 6.03. The van der Waals surface area contributed by atoms with Crippen LogP contribution in [-0.2, 0) is 19.1 Å². The summed E-state index contributed by atoms with van der Waals surface area (Å²) in [6, 6.07) is 2.71. The maximum atomic E-state index is 13.5. The van der Waals surface area contributed by atoms with Gasteiger partial charge in [-0.2, -0.15) is 0 Å². The molecule has 1 heterocycles. The molecule has 2 amide bonds. The molecule has 0 radical (unpaired) electrons. The third-order valence-electron chi connectivity index (χ3n) is 5.51. The molecule has 0 spiro atoms. The van der Waals surface area contributed by atoms with Crippen LogP contribution in [-0.4, -0.2) is 73.5 Å². The van der Waals surface area contributed by atoms with Gasteiger partial charge in [0.1, 0.15) is 13.2 Å². The highest BCUT2D eigenvalue weighted by Crippen LogP contribution is 2.35. The molecule has 1 aliphatic rings. The van der Waals surface area contributed by atoms with Gasteiger partial charge in [0.05, 0.1) is 31.0 Å². The molecule has 1 fully saturated rings. The van der Waals surface area contributed by atoms with Crippen molar-refractivity contribution < 1.29 is 43.2 Å². The minimum Gasteiger partial charge on any atom is -0.493 e. The highest BCUT2D eigenvalue weighted by Gasteiger charge is 2.32. The van der Waals surface area contributed by atoms with Crippen molar-refractivity contribution in [1.82, 2.24) is 4.90 Å². The topological polar surface area (TPSA) is 141 Å². The molecule has 1 aromatic carbocycles. The van der Waals surface area contributed by atoms with Gasteiger partial charge in [0, 0.05) is 26.0 Å². The summed E-state index contributed by atoms with van der Waals surface area (Å²) in [6.07, 6.45) is 4.00. The number of aliphatic carboxylic acids is 1. The average Bonchev–Trinajstić information content (AvgIpc) is 3.31. The lowest BCUT2D eigenvalue weighted by Crippen LogP contribution is -2.39. The van der Waals surface area contributed by atoms with Gasteiger partial charge in [0.15, 0.2) is 11.5 Å². The van der Waals surface area contributed by atoms with E-state index in [1.165, 1.54) is 32.2 Å². The summed E-state index contributed by atoms with van der Waals surface area (Å²) in [6.45, 7) is 5.66. The predicted molar refractivity (Wildman–Crippen MR) is 130 cm³/mol. The third kappa shape index (κ3) is 8.79. The molecule has 0 bridgehead atoms. The quantitative estimate of drug-likeness (QED) is 0.220. The molecular formula is C25H34N2O9. The number of ether oxygens (including phenoxy) is 4. The SMILES string of the molecule is C=CCOC(=O)Nc1cc(OCCCCCC(=O)O)c(OC)cc1C(=O)N1CCC[C@H]1COC(C)=O. The summed E-state index contributed by atoms with van der Waals surface area (Å²) in [5.41, 5.74) is 0.347. The number of methoxy groups -OCH3 is 1. The van der Waals surface area contributed by atoms with E-state index in [9.17, 15) is 19.2 Å². The van der Waals surface area contributed by atoms with Gasteiger partial charge >= 0.3 is 18.0 Å². The fraction of sp³-hybridized carbons (Fsp3) is 0.520. The van der Waals surface area contributed by atoms with Crippen molar-refractivity contribution in [1.29, 1.82) is 0 Å². The number of hydrogen-bond donors (Lipinski definition) is 2. The van der Waals surface area contributed by atoms with Crippen LogP contribution in [0.15, 0.2) is 24.8 Å². The average molecular weight is 507 g/mol. The number of carbonyl (C=O) groups excluding carboxylic acids is 3. The van der Waals surface area contributed by atoms with Crippen molar-refractivity contribution in [3.8, 4) is 11.5 Å². The lowest BCUT2D eigenvalue weighted by molar-refractivity contribution is -0.142. The van der Waals surface area contributed by atoms with Gasteiger partial charge in [0.25, 0.3) is 5.91 Å². The Morgan fingerprint density at radius 3 is 2.61 bits per heavy atom. The maximum Gasteiger partial charge on any atom is 0.411 e. The van der Waals surface area contributed by atoms with Crippen LogP contribution in [0, 0.1) is 0 Å². The Balaban J connectivity index is 2.25. The number of unbranched alkanes of at least 4 members (excludes halogenated alkanes) is 2. The summed E-state index contributed by atoms with van der Waals surface area (Å²) in [5.74, 6) is -1.02. The Bertz CT molecular complexity index is 948. The Kier molecular flexibility index (Phi) is 11.5. The van der Waals surface area contributed by atoms with Crippen LogP contribution in [0.3, 0.4) is 0 Å². The number of hydrogen-bond acceptors (Lipinski definition) is 8. The molecule has 0 unspecified atom stereocenters. The Morgan fingerprint density at radius 1 is 1.17 bits per heavy atom. The Morgan fingerprint density at radius 2 is 1.94 bits per heavy atom. The van der Waals surface area contributed by atoms with E-state index in [0.29, 0.717) is 50.3 Å². The Hall–Kier alpha value is -3.76. The monoisotopic (exact) mass is 506 g/mol. The van der Waals surface area contributed by atoms with Crippen molar-refractivity contribution in [2.24, 2.45) is 0 Å². The van der Waals surface area contributed by atoms with Crippen LogP contribution in [0.25, 0.3) is 0 Å². The van der Waals surface area contributed by atoms with Gasteiger partial charge in [-0.1, -0.05) is 12.7 Å². The van der Waals surface area contributed by atoms with E-state index in [2.05, 4.69) is 11.9 Å². The number of rotatable bonds is 14. The molecule has 1 atom stereocenters. The first kappa shape index (κ1) is 28.5. The molecule has 198 valence electrons. The minimum absolute atomic E-state index is 0.0123. The normalized spacial score (nSPS) is 14.6. The summed E-state index contributed by atoms with van der Waals surface area (Å²) in [4.78, 5) is 49.3. The standard InChI is InChI=1S/C25H34N2O9/c1-4-12-35-25(32)26-20-15-22(34-13-7-5-6-10-23(29)30)21(33-3)14-19(20)24(31)27-11-8-9-18(27)16-36-17(2)28/h4,14-15,18H,1,5-13,16H2,2-3H3,(H,26,32)(H,29,30)/t18-/m0/s1. The van der Waals surface area contributed by atoms with Gasteiger partial charge in [-0.25, -0.2) is 4.79 Å². The fourth-order valence-electron chi connectivity index (χ4n) is 3.78. The largest absolute Gasteiger partial charge is 0.493 e. The number of nitrogens with one attached hydrogen (secondary N) is 1. The van der Waals surface area contributed by atoms with Crippen molar-refractivity contribution >= 4 is 29.6 Å². The smallest absolute Gasteiger partial charge is 0.411 e. The molecule has 1 aromatic rings. The van der Waals surface area contributed by atoms with Crippen LogP contribution in [0.2, 0.25) is 0 Å². The molecular weight excluding hydrogens is 472 g/mol. The van der Waals surface area contributed by atoms with Crippen molar-refractivity contribution in [2.75, 3.05) is 38.8 Å². The summed E-state index contributed by atoms with van der Waals surface area (Å²) in [7, 11) is 1.44. The highest BCUT2D eigenvalue weighted by atomic mass is 16.5. The van der Waals surface area contributed by atoms with Gasteiger partial charge in [-0.3, -0.25) is 19.7 Å². The van der Waals surface area contributed by atoms with E-state index in [1.807, 2.05) is 0 Å². The lowest BCUT2D eigenvalue weighted by atomic mass is 10.1. The van der Waals surface area contributed by atoms with Crippen molar-refractivity contribution in [2.45, 2.75) is 51.5 Å². The van der Waals surface area contributed by atoms with Crippen molar-refractivity contribution in [3.05, 3.63) is 30.4 Å². The van der Waals surface area contributed by atoms with Crippen LogP contribution < -0.4 is 14.8 Å². The van der Waals surface area contributed by atoms with E-state index >= 15 is 0 Å². The van der Waals surface area contributed by atoms with E-state index in [1.54, 1.807) is 4.90 Å². The molecule has 1 aliphatic heterocycles. The number of carboxylic acids is 1. The van der Waals surface area contributed by atoms with Crippen LogP contribution >= 0.6 is 0 Å². The van der Waals surface area contributed by atoms with Gasteiger partial charge in [-0.05, 0) is 38.2 Å². The first-order chi connectivity index (χ1) is 17.3. The molecule has 2 rings (SSSR count). The minimum atomic E-state index is -0.843. The molecule has 36 heavy (non-hydrogen) atoms. The molecule has 11 nitrogen and oxygen atoms in total. The van der Waals surface area contributed by atoms with Crippen molar-refractivity contribution in [3.63, 3.8) is 0 Å². The second-order valence-electron chi connectivity index (χ2n) is 8.21. The zero-order valence-corrected chi connectivity index (χ0v) is 20.7. The summed E-state index contributed by atoms with van der Waals surface area (Å²) >= 11 is 0. The molecule has 2 N–H and O–H groups in total. The van der Waals surface area contributed by atoms with E-state index in [0.717, 1.165) is 6.42 Å².